The molecule has 0 amide bonds. The van der Waals surface area contributed by atoms with Gasteiger partial charge in [-0.05, 0) is 42.7 Å². The van der Waals surface area contributed by atoms with Gasteiger partial charge in [-0.25, -0.2) is 22.8 Å². The molecule has 3 heterocycles. The van der Waals surface area contributed by atoms with E-state index < -0.39 is 21.9 Å². The number of hydrogen-bond donors (Lipinski definition) is 1. The summed E-state index contributed by atoms with van der Waals surface area (Å²) in [5, 5.41) is 3.07. The highest BCUT2D eigenvalue weighted by Gasteiger charge is 2.36. The first-order valence-corrected chi connectivity index (χ1v) is 10.9. The zero-order valence-electron chi connectivity index (χ0n) is 15.6. The first kappa shape index (κ1) is 19.4. The van der Waals surface area contributed by atoms with Crippen molar-refractivity contribution in [1.29, 1.82) is 0 Å². The van der Waals surface area contributed by atoms with Gasteiger partial charge >= 0.3 is 0 Å². The lowest BCUT2D eigenvalue weighted by Crippen LogP contribution is -2.32. The Kier molecular flexibility index (Phi) is 5.50. The highest BCUT2D eigenvalue weighted by Crippen LogP contribution is 2.34. The summed E-state index contributed by atoms with van der Waals surface area (Å²) in [5.74, 6) is 0.423. The van der Waals surface area contributed by atoms with Crippen LogP contribution >= 0.6 is 0 Å². The highest BCUT2D eigenvalue weighted by molar-refractivity contribution is 7.88. The molecule has 0 saturated carbocycles. The van der Waals surface area contributed by atoms with E-state index in [1.54, 1.807) is 30.7 Å². The lowest BCUT2D eigenvalue weighted by atomic mass is 10.2. The van der Waals surface area contributed by atoms with Crippen molar-refractivity contribution >= 4 is 21.7 Å². The van der Waals surface area contributed by atoms with Crippen LogP contribution in [0.3, 0.4) is 0 Å². The molecule has 3 aromatic rings. The second-order valence-corrected chi connectivity index (χ2v) is 8.75. The Bertz CT molecular complexity index is 1090. The van der Waals surface area contributed by atoms with Crippen LogP contribution in [0, 0.1) is 5.82 Å². The van der Waals surface area contributed by atoms with E-state index in [4.69, 9.17) is 0 Å². The predicted octanol–water partition coefficient (Wildman–Crippen LogP) is 3.42. The molecule has 9 heteroatoms. The maximum absolute atomic E-state index is 13.4. The summed E-state index contributed by atoms with van der Waals surface area (Å²) in [6.07, 6.45) is 6.21. The SMILES string of the molecule is O=S(=O)(Cc1cccc(F)c1)N1CCC[C@@H]1c1cncc(Nc2ccccn2)n1. The van der Waals surface area contributed by atoms with Crippen molar-refractivity contribution in [2.75, 3.05) is 11.9 Å². The minimum absolute atomic E-state index is 0.249. The zero-order chi connectivity index (χ0) is 20.3. The monoisotopic (exact) mass is 413 g/mol. The van der Waals surface area contributed by atoms with Crippen LogP contribution < -0.4 is 5.32 Å². The van der Waals surface area contributed by atoms with Gasteiger partial charge in [0, 0.05) is 12.7 Å². The Morgan fingerprint density at radius 3 is 2.83 bits per heavy atom. The van der Waals surface area contributed by atoms with Crippen LogP contribution in [0.5, 0.6) is 0 Å². The average Bonchev–Trinajstić information content (AvgIpc) is 3.20. The van der Waals surface area contributed by atoms with E-state index in [1.807, 2.05) is 12.1 Å². The fourth-order valence-corrected chi connectivity index (χ4v) is 5.23. The third-order valence-corrected chi connectivity index (χ3v) is 6.56. The van der Waals surface area contributed by atoms with E-state index >= 15 is 0 Å². The van der Waals surface area contributed by atoms with E-state index in [9.17, 15) is 12.8 Å². The summed E-state index contributed by atoms with van der Waals surface area (Å²) in [4.78, 5) is 13.0. The molecule has 1 aliphatic heterocycles. The van der Waals surface area contributed by atoms with Gasteiger partial charge in [-0.3, -0.25) is 4.98 Å². The molecule has 1 saturated heterocycles. The van der Waals surface area contributed by atoms with Gasteiger partial charge in [0.15, 0.2) is 0 Å². The molecule has 7 nitrogen and oxygen atoms in total. The van der Waals surface area contributed by atoms with Gasteiger partial charge in [-0.1, -0.05) is 18.2 Å². The van der Waals surface area contributed by atoms with Crippen LogP contribution in [0.1, 0.15) is 30.1 Å². The molecule has 0 bridgehead atoms. The van der Waals surface area contributed by atoms with Crippen molar-refractivity contribution in [3.63, 3.8) is 0 Å². The minimum Gasteiger partial charge on any atom is -0.324 e. The summed E-state index contributed by atoms with van der Waals surface area (Å²) in [6, 6.07) is 10.7. The molecule has 1 fully saturated rings. The van der Waals surface area contributed by atoms with Crippen molar-refractivity contribution in [3.8, 4) is 0 Å². The van der Waals surface area contributed by atoms with E-state index in [-0.39, 0.29) is 5.75 Å². The van der Waals surface area contributed by atoms with Gasteiger partial charge in [0.2, 0.25) is 10.0 Å². The smallest absolute Gasteiger partial charge is 0.218 e. The Balaban J connectivity index is 1.56. The molecule has 1 aliphatic rings. The molecule has 1 aromatic carbocycles. The van der Waals surface area contributed by atoms with Crippen LogP contribution in [-0.2, 0) is 15.8 Å². The number of aromatic nitrogens is 3. The number of rotatable bonds is 6. The topological polar surface area (TPSA) is 88.1 Å². The summed E-state index contributed by atoms with van der Waals surface area (Å²) in [7, 11) is -3.63. The van der Waals surface area contributed by atoms with Crippen molar-refractivity contribution < 1.29 is 12.8 Å². The number of halogens is 1. The number of pyridine rings is 1. The van der Waals surface area contributed by atoms with Crippen LogP contribution in [-0.4, -0.2) is 34.2 Å². The molecule has 2 aromatic heterocycles. The van der Waals surface area contributed by atoms with Gasteiger partial charge in [-0.15, -0.1) is 0 Å². The Morgan fingerprint density at radius 2 is 2.03 bits per heavy atom. The lowest BCUT2D eigenvalue weighted by molar-refractivity contribution is 0.389. The van der Waals surface area contributed by atoms with Crippen molar-refractivity contribution in [1.82, 2.24) is 19.3 Å². The summed E-state index contributed by atoms with van der Waals surface area (Å²) < 4.78 is 40.9. The molecule has 0 radical (unpaired) electrons. The predicted molar refractivity (Wildman–Crippen MR) is 107 cm³/mol. The second kappa shape index (κ2) is 8.22. The van der Waals surface area contributed by atoms with Gasteiger partial charge in [-0.2, -0.15) is 4.31 Å². The average molecular weight is 413 g/mol. The van der Waals surface area contributed by atoms with Crippen molar-refractivity contribution in [2.45, 2.75) is 24.6 Å². The third kappa shape index (κ3) is 4.57. The van der Waals surface area contributed by atoms with E-state index in [1.165, 1.54) is 22.5 Å². The fraction of sp³-hybridized carbons (Fsp3) is 0.250. The Morgan fingerprint density at radius 1 is 1.14 bits per heavy atom. The van der Waals surface area contributed by atoms with Gasteiger partial charge in [0.05, 0.1) is 29.9 Å². The summed E-state index contributed by atoms with van der Waals surface area (Å²) in [6.45, 7) is 0.405. The van der Waals surface area contributed by atoms with E-state index in [2.05, 4.69) is 20.3 Å². The maximum Gasteiger partial charge on any atom is 0.218 e. The van der Waals surface area contributed by atoms with Gasteiger partial charge in [0.25, 0.3) is 0 Å². The number of benzene rings is 1. The largest absolute Gasteiger partial charge is 0.324 e. The first-order valence-electron chi connectivity index (χ1n) is 9.25. The van der Waals surface area contributed by atoms with E-state index in [0.717, 1.165) is 6.42 Å². The molecule has 0 unspecified atom stereocenters. The lowest BCUT2D eigenvalue weighted by Gasteiger charge is -2.24. The van der Waals surface area contributed by atoms with Gasteiger partial charge < -0.3 is 5.32 Å². The van der Waals surface area contributed by atoms with E-state index in [0.29, 0.717) is 35.9 Å². The molecular formula is C20H20FN5O2S. The molecule has 4 rings (SSSR count). The van der Waals surface area contributed by atoms with Crippen LogP contribution in [0.2, 0.25) is 0 Å². The molecular weight excluding hydrogens is 393 g/mol. The first-order chi connectivity index (χ1) is 14.0. The minimum atomic E-state index is -3.63. The number of hydrogen-bond acceptors (Lipinski definition) is 6. The number of sulfonamides is 1. The van der Waals surface area contributed by atoms with Gasteiger partial charge in [0.1, 0.15) is 17.5 Å². The molecule has 29 heavy (non-hydrogen) atoms. The van der Waals surface area contributed by atoms with Crippen LogP contribution in [0.15, 0.2) is 61.1 Å². The normalized spacial score (nSPS) is 17.3. The van der Waals surface area contributed by atoms with Crippen molar-refractivity contribution in [2.24, 2.45) is 0 Å². The summed E-state index contributed by atoms with van der Waals surface area (Å²) in [5.41, 5.74) is 0.999. The molecule has 0 aliphatic carbocycles. The Labute approximate surface area is 168 Å². The zero-order valence-corrected chi connectivity index (χ0v) is 16.4. The van der Waals surface area contributed by atoms with Crippen LogP contribution in [0.25, 0.3) is 0 Å². The van der Waals surface area contributed by atoms with Crippen molar-refractivity contribution in [3.05, 3.63) is 78.1 Å². The quantitative estimate of drug-likeness (QED) is 0.666. The standard InChI is InChI=1S/C20H20FN5O2S/c21-16-6-3-5-15(11-16)14-29(27,28)26-10-4-7-18(26)17-12-22-13-20(24-17)25-19-8-1-2-9-23-19/h1-3,5-6,8-9,11-13,18H,4,7,10,14H2,(H,23,24,25)/t18-/m1/s1. The number of anilines is 2. The third-order valence-electron chi connectivity index (χ3n) is 4.71. The number of nitrogens with one attached hydrogen (secondary N) is 1. The number of nitrogens with zero attached hydrogens (tertiary/aromatic N) is 4. The highest BCUT2D eigenvalue weighted by atomic mass is 32.2. The summed E-state index contributed by atoms with van der Waals surface area (Å²) >= 11 is 0. The molecule has 0 spiro atoms. The van der Waals surface area contributed by atoms with Crippen LogP contribution in [0.4, 0.5) is 16.0 Å². The molecule has 150 valence electrons. The fourth-order valence-electron chi connectivity index (χ4n) is 3.46. The Hall–Kier alpha value is -2.91. The second-order valence-electron chi connectivity index (χ2n) is 6.82. The maximum atomic E-state index is 13.4. The molecule has 1 atom stereocenters. The molecule has 1 N–H and O–H groups in total.